The standard InChI is InChI=1S/C31H39NO6/c1-23(33)38-29-21-28(37-22-24-13-15-26(16-14-24)25-9-5-4-6-10-25)27(11-7-2-3-8-12-30(34)35)31(29)32-17-19-36-20-18-32/h2-6,9-10,13-16,27-29,31H,7-8,11-12,17-22H2,1H3,(H,34,35)/b3-2+. The maximum atomic E-state index is 12.0. The average molecular weight is 522 g/mol. The van der Waals surface area contributed by atoms with Crippen LogP contribution in [0.15, 0.2) is 66.7 Å². The number of rotatable bonds is 12. The summed E-state index contributed by atoms with van der Waals surface area (Å²) in [4.78, 5) is 25.2. The third-order valence-corrected chi connectivity index (χ3v) is 7.43. The molecule has 0 bridgehead atoms. The van der Waals surface area contributed by atoms with E-state index in [0.29, 0.717) is 32.7 Å². The number of esters is 1. The van der Waals surface area contributed by atoms with E-state index in [4.69, 9.17) is 19.3 Å². The minimum atomic E-state index is -0.785. The van der Waals surface area contributed by atoms with Gasteiger partial charge in [-0.05, 0) is 36.0 Å². The fraction of sp³-hybridized carbons (Fsp3) is 0.484. The van der Waals surface area contributed by atoms with Crippen LogP contribution < -0.4 is 0 Å². The maximum Gasteiger partial charge on any atom is 0.303 e. The van der Waals surface area contributed by atoms with Crippen molar-refractivity contribution in [3.63, 3.8) is 0 Å². The van der Waals surface area contributed by atoms with E-state index in [9.17, 15) is 9.59 Å². The van der Waals surface area contributed by atoms with Gasteiger partial charge in [0.2, 0.25) is 0 Å². The molecule has 2 aromatic carbocycles. The average Bonchev–Trinajstić information content (AvgIpc) is 3.26. The molecule has 4 atom stereocenters. The van der Waals surface area contributed by atoms with Crippen molar-refractivity contribution in [3.8, 4) is 11.1 Å². The molecular formula is C31H39NO6. The number of aliphatic carboxylic acids is 1. The summed E-state index contributed by atoms with van der Waals surface area (Å²) in [5.74, 6) is -0.866. The number of carboxylic acids is 1. The Morgan fingerprint density at radius 3 is 2.34 bits per heavy atom. The molecule has 2 fully saturated rings. The minimum absolute atomic E-state index is 0.0478. The summed E-state index contributed by atoms with van der Waals surface area (Å²) >= 11 is 0. The number of hydrogen-bond donors (Lipinski definition) is 1. The monoisotopic (exact) mass is 521 g/mol. The molecule has 7 heteroatoms. The quantitative estimate of drug-likeness (QED) is 0.308. The first-order valence-electron chi connectivity index (χ1n) is 13.6. The van der Waals surface area contributed by atoms with Crippen LogP contribution in [0.2, 0.25) is 0 Å². The van der Waals surface area contributed by atoms with Crippen LogP contribution in [-0.4, -0.2) is 66.5 Å². The number of carbonyl (C=O) groups excluding carboxylic acids is 1. The lowest BCUT2D eigenvalue weighted by Crippen LogP contribution is -2.51. The van der Waals surface area contributed by atoms with Crippen LogP contribution in [0.25, 0.3) is 11.1 Å². The molecular weight excluding hydrogens is 482 g/mol. The number of hydrogen-bond acceptors (Lipinski definition) is 6. The molecule has 1 aliphatic heterocycles. The second-order valence-corrected chi connectivity index (χ2v) is 10.1. The lowest BCUT2D eigenvalue weighted by Gasteiger charge is -2.38. The van der Waals surface area contributed by atoms with Crippen LogP contribution in [0.5, 0.6) is 0 Å². The second-order valence-electron chi connectivity index (χ2n) is 10.1. The van der Waals surface area contributed by atoms with E-state index in [0.717, 1.165) is 31.5 Å². The highest BCUT2D eigenvalue weighted by Crippen LogP contribution is 2.39. The van der Waals surface area contributed by atoms with Crippen molar-refractivity contribution in [1.29, 1.82) is 0 Å². The Balaban J connectivity index is 1.45. The van der Waals surface area contributed by atoms with Gasteiger partial charge in [0.15, 0.2) is 0 Å². The number of allylic oxidation sites excluding steroid dienone is 2. The van der Waals surface area contributed by atoms with Crippen molar-refractivity contribution >= 4 is 11.9 Å². The van der Waals surface area contributed by atoms with Gasteiger partial charge in [0.25, 0.3) is 0 Å². The summed E-state index contributed by atoms with van der Waals surface area (Å²) in [7, 11) is 0. The van der Waals surface area contributed by atoms with Gasteiger partial charge in [0, 0.05) is 38.8 Å². The molecule has 0 amide bonds. The van der Waals surface area contributed by atoms with E-state index in [2.05, 4.69) is 47.4 Å². The van der Waals surface area contributed by atoms with E-state index in [1.54, 1.807) is 0 Å². The molecule has 4 unspecified atom stereocenters. The van der Waals surface area contributed by atoms with Crippen LogP contribution in [0.3, 0.4) is 0 Å². The molecule has 4 rings (SSSR count). The summed E-state index contributed by atoms with van der Waals surface area (Å²) in [6.07, 6.45) is 6.77. The third-order valence-electron chi connectivity index (χ3n) is 7.43. The molecule has 0 spiro atoms. The predicted octanol–water partition coefficient (Wildman–Crippen LogP) is 5.09. The topological polar surface area (TPSA) is 85.3 Å². The van der Waals surface area contributed by atoms with Gasteiger partial charge in [-0.1, -0.05) is 66.7 Å². The molecule has 1 aliphatic carbocycles. The minimum Gasteiger partial charge on any atom is -0.481 e. The summed E-state index contributed by atoms with van der Waals surface area (Å²) < 4.78 is 18.0. The van der Waals surface area contributed by atoms with E-state index < -0.39 is 5.97 Å². The Hall–Kier alpha value is -3.00. The molecule has 1 saturated carbocycles. The van der Waals surface area contributed by atoms with Crippen molar-refractivity contribution in [1.82, 2.24) is 4.90 Å². The van der Waals surface area contributed by atoms with Crippen LogP contribution in [0, 0.1) is 5.92 Å². The Kier molecular flexibility index (Phi) is 10.5. The van der Waals surface area contributed by atoms with Crippen molar-refractivity contribution in [2.24, 2.45) is 5.92 Å². The Morgan fingerprint density at radius 2 is 1.66 bits per heavy atom. The van der Waals surface area contributed by atoms with Crippen molar-refractivity contribution in [2.75, 3.05) is 26.3 Å². The zero-order valence-electron chi connectivity index (χ0n) is 22.2. The fourth-order valence-electron chi connectivity index (χ4n) is 5.66. The summed E-state index contributed by atoms with van der Waals surface area (Å²) in [5, 5.41) is 8.88. The number of carbonyl (C=O) groups is 2. The molecule has 1 N–H and O–H groups in total. The van der Waals surface area contributed by atoms with Crippen molar-refractivity contribution < 1.29 is 28.9 Å². The summed E-state index contributed by atoms with van der Waals surface area (Å²) in [6.45, 7) is 4.92. The molecule has 38 heavy (non-hydrogen) atoms. The highest BCUT2D eigenvalue weighted by molar-refractivity contribution is 5.67. The van der Waals surface area contributed by atoms with Crippen LogP contribution in [-0.2, 0) is 30.4 Å². The van der Waals surface area contributed by atoms with Crippen molar-refractivity contribution in [2.45, 2.75) is 63.9 Å². The van der Waals surface area contributed by atoms with Gasteiger partial charge in [0.1, 0.15) is 6.10 Å². The SMILES string of the molecule is CC(=O)OC1CC(OCc2ccc(-c3ccccc3)cc2)C(CC/C=C/CCC(=O)O)C1N1CCOCC1. The third kappa shape index (κ3) is 8.00. The van der Waals surface area contributed by atoms with Crippen molar-refractivity contribution in [3.05, 3.63) is 72.3 Å². The van der Waals surface area contributed by atoms with Crippen LogP contribution in [0.4, 0.5) is 0 Å². The summed E-state index contributed by atoms with van der Waals surface area (Å²) in [6, 6.07) is 18.8. The molecule has 1 heterocycles. The van der Waals surface area contributed by atoms with Crippen LogP contribution >= 0.6 is 0 Å². The number of morpholine rings is 1. The highest BCUT2D eigenvalue weighted by Gasteiger charge is 2.48. The highest BCUT2D eigenvalue weighted by atomic mass is 16.5. The first kappa shape index (κ1) is 28.0. The Bertz CT molecular complexity index is 1050. The first-order valence-corrected chi connectivity index (χ1v) is 13.6. The molecule has 7 nitrogen and oxygen atoms in total. The lowest BCUT2D eigenvalue weighted by molar-refractivity contribution is -0.150. The lowest BCUT2D eigenvalue weighted by atomic mass is 9.93. The predicted molar refractivity (Wildman–Crippen MR) is 146 cm³/mol. The smallest absolute Gasteiger partial charge is 0.303 e. The van der Waals surface area contributed by atoms with E-state index in [-0.39, 0.29) is 36.6 Å². The van der Waals surface area contributed by atoms with Gasteiger partial charge in [-0.15, -0.1) is 0 Å². The van der Waals surface area contributed by atoms with Crippen LogP contribution in [0.1, 0.15) is 44.6 Å². The normalized spacial score (nSPS) is 24.0. The van der Waals surface area contributed by atoms with E-state index in [1.807, 2.05) is 24.3 Å². The van der Waals surface area contributed by atoms with Gasteiger partial charge in [-0.2, -0.15) is 0 Å². The van der Waals surface area contributed by atoms with E-state index >= 15 is 0 Å². The molecule has 0 aromatic heterocycles. The van der Waals surface area contributed by atoms with Gasteiger partial charge >= 0.3 is 11.9 Å². The molecule has 1 saturated heterocycles. The Labute approximate surface area is 225 Å². The number of ether oxygens (including phenoxy) is 3. The molecule has 0 radical (unpaired) electrons. The summed E-state index contributed by atoms with van der Waals surface area (Å²) in [5.41, 5.74) is 3.46. The zero-order valence-corrected chi connectivity index (χ0v) is 22.2. The van der Waals surface area contributed by atoms with Gasteiger partial charge < -0.3 is 19.3 Å². The van der Waals surface area contributed by atoms with E-state index in [1.165, 1.54) is 18.1 Å². The molecule has 2 aromatic rings. The van der Waals surface area contributed by atoms with Gasteiger partial charge in [0.05, 0.1) is 32.0 Å². The van der Waals surface area contributed by atoms with Gasteiger partial charge in [-0.3, -0.25) is 14.5 Å². The first-order chi connectivity index (χ1) is 18.5. The molecule has 204 valence electrons. The number of benzene rings is 2. The second kappa shape index (κ2) is 14.2. The zero-order chi connectivity index (χ0) is 26.7. The number of carboxylic acid groups (broad SMARTS) is 1. The van der Waals surface area contributed by atoms with Gasteiger partial charge in [-0.25, -0.2) is 0 Å². The maximum absolute atomic E-state index is 12.0. The Morgan fingerprint density at radius 1 is 0.974 bits per heavy atom. The molecule has 2 aliphatic rings. The largest absolute Gasteiger partial charge is 0.481 e. The number of nitrogens with zero attached hydrogens (tertiary/aromatic N) is 1. The fourth-order valence-corrected chi connectivity index (χ4v) is 5.66.